The van der Waals surface area contributed by atoms with Crippen LogP contribution in [0.3, 0.4) is 0 Å². The van der Waals surface area contributed by atoms with E-state index in [1.165, 1.54) is 17.8 Å². The molecule has 4 heteroatoms. The molecule has 3 aromatic heterocycles. The van der Waals surface area contributed by atoms with E-state index in [1.807, 2.05) is 29.0 Å². The Bertz CT molecular complexity index is 731. The van der Waals surface area contributed by atoms with Crippen molar-refractivity contribution in [1.29, 1.82) is 0 Å². The van der Waals surface area contributed by atoms with Crippen LogP contribution in [0.1, 0.15) is 25.3 Å². The van der Waals surface area contributed by atoms with Crippen molar-refractivity contribution in [3.63, 3.8) is 0 Å². The van der Waals surface area contributed by atoms with Crippen LogP contribution in [0.5, 0.6) is 0 Å². The first-order valence-electron chi connectivity index (χ1n) is 6.23. The fourth-order valence-corrected chi connectivity index (χ4v) is 2.19. The molecule has 19 heavy (non-hydrogen) atoms. The Kier molecular flexibility index (Phi) is 2.78. The molecule has 0 saturated heterocycles. The average molecular weight is 255 g/mol. The summed E-state index contributed by atoms with van der Waals surface area (Å²) in [6, 6.07) is 5.46. The molecule has 0 saturated carbocycles. The summed E-state index contributed by atoms with van der Waals surface area (Å²) < 4.78 is 15.0. The van der Waals surface area contributed by atoms with Crippen LogP contribution < -0.4 is 0 Å². The number of fused-ring (bicyclic) bond motifs is 1. The summed E-state index contributed by atoms with van der Waals surface area (Å²) in [5.41, 5.74) is 3.95. The second kappa shape index (κ2) is 4.46. The molecule has 0 amide bonds. The zero-order valence-electron chi connectivity index (χ0n) is 10.8. The van der Waals surface area contributed by atoms with Crippen LogP contribution in [0.25, 0.3) is 16.6 Å². The maximum absolute atomic E-state index is 13.2. The van der Waals surface area contributed by atoms with Gasteiger partial charge in [0.05, 0.1) is 17.9 Å². The number of hydrogen-bond donors (Lipinski definition) is 0. The maximum atomic E-state index is 13.2. The van der Waals surface area contributed by atoms with Gasteiger partial charge >= 0.3 is 0 Å². The number of rotatable bonds is 2. The molecule has 0 spiro atoms. The molecule has 3 aromatic rings. The standard InChI is InChI=1S/C15H14FN3/c1-10(2)14-8-18-19-9-11(3-4-15(14)19)12-5-13(16)7-17-6-12/h3-10H,1-2H3. The zero-order chi connectivity index (χ0) is 13.4. The van der Waals surface area contributed by atoms with Crippen LogP contribution in [0.15, 0.2) is 43.0 Å². The number of pyridine rings is 2. The van der Waals surface area contributed by atoms with Gasteiger partial charge in [0, 0.05) is 29.1 Å². The van der Waals surface area contributed by atoms with E-state index >= 15 is 0 Å². The lowest BCUT2D eigenvalue weighted by Crippen LogP contribution is -1.91. The van der Waals surface area contributed by atoms with E-state index in [0.29, 0.717) is 5.92 Å². The topological polar surface area (TPSA) is 30.2 Å². The van der Waals surface area contributed by atoms with E-state index in [4.69, 9.17) is 0 Å². The third-order valence-electron chi connectivity index (χ3n) is 3.21. The lowest BCUT2D eigenvalue weighted by molar-refractivity contribution is 0.622. The summed E-state index contributed by atoms with van der Waals surface area (Å²) in [5.74, 6) is 0.0973. The molecule has 96 valence electrons. The van der Waals surface area contributed by atoms with Crippen LogP contribution in [0.4, 0.5) is 4.39 Å². The van der Waals surface area contributed by atoms with Gasteiger partial charge in [0.15, 0.2) is 0 Å². The molecule has 0 N–H and O–H groups in total. The normalized spacial score (nSPS) is 11.4. The Morgan fingerprint density at radius 2 is 1.95 bits per heavy atom. The SMILES string of the molecule is CC(C)c1cnn2cc(-c3cncc(F)c3)ccc12. The highest BCUT2D eigenvalue weighted by molar-refractivity contribution is 5.66. The van der Waals surface area contributed by atoms with Gasteiger partial charge in [0.1, 0.15) is 5.82 Å². The molecule has 0 aliphatic carbocycles. The maximum Gasteiger partial charge on any atom is 0.142 e. The summed E-state index contributed by atoms with van der Waals surface area (Å²) >= 11 is 0. The number of hydrogen-bond acceptors (Lipinski definition) is 2. The molecule has 3 heterocycles. The average Bonchev–Trinajstić information content (AvgIpc) is 2.81. The first-order valence-corrected chi connectivity index (χ1v) is 6.23. The number of aromatic nitrogens is 3. The molecule has 0 radical (unpaired) electrons. The summed E-state index contributed by atoms with van der Waals surface area (Å²) in [6.07, 6.45) is 6.63. The van der Waals surface area contributed by atoms with E-state index < -0.39 is 0 Å². The van der Waals surface area contributed by atoms with Gasteiger partial charge in [-0.3, -0.25) is 4.98 Å². The van der Waals surface area contributed by atoms with Gasteiger partial charge in [0.2, 0.25) is 0 Å². The Morgan fingerprint density at radius 3 is 2.68 bits per heavy atom. The second-order valence-corrected chi connectivity index (χ2v) is 4.89. The Hall–Kier alpha value is -2.23. The molecule has 0 unspecified atom stereocenters. The van der Waals surface area contributed by atoms with Crippen molar-refractivity contribution in [2.24, 2.45) is 0 Å². The predicted octanol–water partition coefficient (Wildman–Crippen LogP) is 3.66. The minimum Gasteiger partial charge on any atom is -0.261 e. The zero-order valence-corrected chi connectivity index (χ0v) is 10.8. The minimum absolute atomic E-state index is 0.332. The largest absolute Gasteiger partial charge is 0.261 e. The molecule has 0 bridgehead atoms. The van der Waals surface area contributed by atoms with Crippen LogP contribution in [-0.4, -0.2) is 14.6 Å². The fraction of sp³-hybridized carbons (Fsp3) is 0.200. The molecular weight excluding hydrogens is 241 g/mol. The van der Waals surface area contributed by atoms with E-state index in [2.05, 4.69) is 23.9 Å². The van der Waals surface area contributed by atoms with Gasteiger partial charge in [-0.05, 0) is 18.1 Å². The van der Waals surface area contributed by atoms with Gasteiger partial charge in [-0.1, -0.05) is 19.9 Å². The first-order chi connectivity index (χ1) is 9.15. The molecule has 0 fully saturated rings. The third-order valence-corrected chi connectivity index (χ3v) is 3.21. The summed E-state index contributed by atoms with van der Waals surface area (Å²) in [7, 11) is 0. The highest BCUT2D eigenvalue weighted by Gasteiger charge is 2.09. The van der Waals surface area contributed by atoms with Crippen molar-refractivity contribution in [1.82, 2.24) is 14.6 Å². The van der Waals surface area contributed by atoms with E-state index in [9.17, 15) is 4.39 Å². The smallest absolute Gasteiger partial charge is 0.142 e. The quantitative estimate of drug-likeness (QED) is 0.699. The highest BCUT2D eigenvalue weighted by atomic mass is 19.1. The number of nitrogens with zero attached hydrogens (tertiary/aromatic N) is 3. The van der Waals surface area contributed by atoms with Crippen LogP contribution >= 0.6 is 0 Å². The molecule has 3 nitrogen and oxygen atoms in total. The van der Waals surface area contributed by atoms with E-state index in [1.54, 1.807) is 6.20 Å². The predicted molar refractivity (Wildman–Crippen MR) is 72.5 cm³/mol. The van der Waals surface area contributed by atoms with Crippen molar-refractivity contribution in [3.05, 3.63) is 54.4 Å². The summed E-state index contributed by atoms with van der Waals surface area (Å²) in [6.45, 7) is 4.28. The van der Waals surface area contributed by atoms with Crippen LogP contribution in [-0.2, 0) is 0 Å². The molecule has 0 aliphatic rings. The monoisotopic (exact) mass is 255 g/mol. The number of halogens is 1. The van der Waals surface area contributed by atoms with Crippen molar-refractivity contribution in [3.8, 4) is 11.1 Å². The summed E-state index contributed by atoms with van der Waals surface area (Å²) in [4.78, 5) is 3.87. The fourth-order valence-electron chi connectivity index (χ4n) is 2.19. The minimum atomic E-state index is -0.332. The molecule has 0 aliphatic heterocycles. The molecule has 0 atom stereocenters. The van der Waals surface area contributed by atoms with Crippen molar-refractivity contribution in [2.75, 3.05) is 0 Å². The van der Waals surface area contributed by atoms with Gasteiger partial charge in [0.25, 0.3) is 0 Å². The molecule has 0 aromatic carbocycles. The Labute approximate surface area is 110 Å². The molecular formula is C15H14FN3. The Morgan fingerprint density at radius 1 is 1.11 bits per heavy atom. The Balaban J connectivity index is 2.12. The van der Waals surface area contributed by atoms with E-state index in [-0.39, 0.29) is 5.82 Å². The lowest BCUT2D eigenvalue weighted by Gasteiger charge is -2.05. The lowest BCUT2D eigenvalue weighted by atomic mass is 10.0. The second-order valence-electron chi connectivity index (χ2n) is 4.89. The van der Waals surface area contributed by atoms with Crippen molar-refractivity contribution in [2.45, 2.75) is 19.8 Å². The van der Waals surface area contributed by atoms with Crippen LogP contribution in [0, 0.1) is 5.82 Å². The van der Waals surface area contributed by atoms with Gasteiger partial charge < -0.3 is 0 Å². The third kappa shape index (κ3) is 2.10. The van der Waals surface area contributed by atoms with Gasteiger partial charge in [-0.25, -0.2) is 8.91 Å². The van der Waals surface area contributed by atoms with Crippen LogP contribution in [0.2, 0.25) is 0 Å². The van der Waals surface area contributed by atoms with Gasteiger partial charge in [-0.15, -0.1) is 0 Å². The molecule has 3 rings (SSSR count). The van der Waals surface area contributed by atoms with Crippen molar-refractivity contribution >= 4 is 5.52 Å². The highest BCUT2D eigenvalue weighted by Crippen LogP contribution is 2.24. The van der Waals surface area contributed by atoms with E-state index in [0.717, 1.165) is 16.6 Å². The summed E-state index contributed by atoms with van der Waals surface area (Å²) in [5, 5.41) is 4.35. The van der Waals surface area contributed by atoms with Crippen molar-refractivity contribution < 1.29 is 4.39 Å². The van der Waals surface area contributed by atoms with Gasteiger partial charge in [-0.2, -0.15) is 5.10 Å². The first kappa shape index (κ1) is 11.8.